The number of nitriles is 1. The first-order chi connectivity index (χ1) is 5.88. The molecule has 1 aromatic rings. The van der Waals surface area contributed by atoms with Crippen molar-refractivity contribution < 1.29 is 0 Å². The molecule has 62 valence electrons. The van der Waals surface area contributed by atoms with E-state index in [2.05, 4.69) is 11.2 Å². The Morgan fingerprint density at radius 3 is 3.08 bits per heavy atom. The molecule has 1 aromatic heterocycles. The topological polar surface area (TPSA) is 41.6 Å². The van der Waals surface area contributed by atoms with Gasteiger partial charge in [-0.05, 0) is 17.4 Å². The molecule has 4 heteroatoms. The van der Waals surface area contributed by atoms with Crippen molar-refractivity contribution in [2.75, 3.05) is 11.5 Å². The summed E-state index contributed by atoms with van der Waals surface area (Å²) in [6.45, 7) is 0.967. The fourth-order valence-corrected chi connectivity index (χ4v) is 1.96. The molecule has 0 spiro atoms. The Balaban J connectivity index is 1.99. The van der Waals surface area contributed by atoms with E-state index in [0.29, 0.717) is 5.56 Å². The molecule has 3 nitrogen and oxygen atoms in total. The highest BCUT2D eigenvalue weighted by atomic mass is 32.2. The van der Waals surface area contributed by atoms with Crippen LogP contribution in [0.2, 0.25) is 0 Å². The minimum absolute atomic E-state index is 0.655. The number of nitrogens with zero attached hydrogens (tertiary/aromatic N) is 3. The molecule has 0 atom stereocenters. The number of aromatic nitrogens is 2. The van der Waals surface area contributed by atoms with Crippen LogP contribution >= 0.6 is 11.8 Å². The third kappa shape index (κ3) is 1.46. The summed E-state index contributed by atoms with van der Waals surface area (Å²) in [6, 6.07) is 2.07. The summed E-state index contributed by atoms with van der Waals surface area (Å²) in [5, 5.41) is 12.6. The van der Waals surface area contributed by atoms with Gasteiger partial charge in [-0.25, -0.2) is 0 Å². The molecule has 0 aromatic carbocycles. The SMILES string of the molecule is N#Cc1cnn(CC2CSC2)c1. The van der Waals surface area contributed by atoms with Crippen molar-refractivity contribution in [2.24, 2.45) is 5.92 Å². The molecule has 0 saturated carbocycles. The highest BCUT2D eigenvalue weighted by molar-refractivity contribution is 8.00. The van der Waals surface area contributed by atoms with Crippen LogP contribution in [-0.4, -0.2) is 21.3 Å². The van der Waals surface area contributed by atoms with Crippen molar-refractivity contribution in [1.29, 1.82) is 5.26 Å². The molecule has 1 aliphatic heterocycles. The van der Waals surface area contributed by atoms with Gasteiger partial charge in [0.2, 0.25) is 0 Å². The molecule has 0 aliphatic carbocycles. The summed E-state index contributed by atoms with van der Waals surface area (Å²) in [5.41, 5.74) is 0.655. The molecular formula is C8H9N3S. The smallest absolute Gasteiger partial charge is 0.102 e. The molecule has 12 heavy (non-hydrogen) atoms. The standard InChI is InChI=1S/C8H9N3S/c9-1-7-2-10-11(3-7)4-8-5-12-6-8/h2-3,8H,4-6H2. The molecule has 0 amide bonds. The van der Waals surface area contributed by atoms with E-state index in [1.165, 1.54) is 11.5 Å². The summed E-state index contributed by atoms with van der Waals surface area (Å²) < 4.78 is 1.86. The zero-order valence-electron chi connectivity index (χ0n) is 6.60. The first kappa shape index (κ1) is 7.69. The first-order valence-electron chi connectivity index (χ1n) is 3.89. The Hall–Kier alpha value is -0.950. The van der Waals surface area contributed by atoms with Gasteiger partial charge in [0.15, 0.2) is 0 Å². The van der Waals surface area contributed by atoms with Crippen LogP contribution in [-0.2, 0) is 6.54 Å². The molecule has 0 bridgehead atoms. The van der Waals surface area contributed by atoms with E-state index in [1.807, 2.05) is 22.6 Å². The van der Waals surface area contributed by atoms with Crippen molar-refractivity contribution >= 4 is 11.8 Å². The third-order valence-corrected chi connectivity index (χ3v) is 3.33. The summed E-state index contributed by atoms with van der Waals surface area (Å²) in [5.74, 6) is 3.24. The molecule has 1 saturated heterocycles. The summed E-state index contributed by atoms with van der Waals surface area (Å²) in [7, 11) is 0. The van der Waals surface area contributed by atoms with Crippen molar-refractivity contribution in [2.45, 2.75) is 6.54 Å². The van der Waals surface area contributed by atoms with Crippen LogP contribution in [0.5, 0.6) is 0 Å². The predicted molar refractivity (Wildman–Crippen MR) is 47.8 cm³/mol. The van der Waals surface area contributed by atoms with Crippen LogP contribution < -0.4 is 0 Å². The van der Waals surface area contributed by atoms with E-state index in [1.54, 1.807) is 6.20 Å². The number of thioether (sulfide) groups is 1. The summed E-state index contributed by atoms with van der Waals surface area (Å²) in [6.07, 6.45) is 3.43. The zero-order chi connectivity index (χ0) is 8.39. The second kappa shape index (κ2) is 3.20. The van der Waals surface area contributed by atoms with E-state index in [4.69, 9.17) is 5.26 Å². The van der Waals surface area contributed by atoms with Gasteiger partial charge in [-0.2, -0.15) is 22.1 Å². The van der Waals surface area contributed by atoms with Crippen LogP contribution in [0.25, 0.3) is 0 Å². The Morgan fingerprint density at radius 1 is 1.75 bits per heavy atom. The molecule has 2 heterocycles. The van der Waals surface area contributed by atoms with Crippen LogP contribution in [0.4, 0.5) is 0 Å². The first-order valence-corrected chi connectivity index (χ1v) is 5.04. The molecule has 1 fully saturated rings. The van der Waals surface area contributed by atoms with Gasteiger partial charge in [-0.1, -0.05) is 0 Å². The van der Waals surface area contributed by atoms with Crippen molar-refractivity contribution in [3.05, 3.63) is 18.0 Å². The number of hydrogen-bond donors (Lipinski definition) is 0. The maximum Gasteiger partial charge on any atom is 0.102 e. The van der Waals surface area contributed by atoms with Gasteiger partial charge in [0, 0.05) is 12.7 Å². The Morgan fingerprint density at radius 2 is 2.58 bits per heavy atom. The van der Waals surface area contributed by atoms with Crippen LogP contribution in [0.3, 0.4) is 0 Å². The fourth-order valence-electron chi connectivity index (χ4n) is 1.18. The van der Waals surface area contributed by atoms with E-state index in [-0.39, 0.29) is 0 Å². The zero-order valence-corrected chi connectivity index (χ0v) is 7.42. The van der Waals surface area contributed by atoms with Gasteiger partial charge in [-0.3, -0.25) is 4.68 Å². The third-order valence-electron chi connectivity index (χ3n) is 1.91. The largest absolute Gasteiger partial charge is 0.271 e. The highest BCUT2D eigenvalue weighted by Gasteiger charge is 2.18. The maximum atomic E-state index is 8.55. The predicted octanol–water partition coefficient (Wildman–Crippen LogP) is 1.12. The minimum Gasteiger partial charge on any atom is -0.271 e. The number of hydrogen-bond acceptors (Lipinski definition) is 3. The molecule has 2 rings (SSSR count). The van der Waals surface area contributed by atoms with Gasteiger partial charge in [0.1, 0.15) is 6.07 Å². The molecule has 1 aliphatic rings. The van der Waals surface area contributed by atoms with Gasteiger partial charge in [0.05, 0.1) is 11.8 Å². The minimum atomic E-state index is 0.655. The van der Waals surface area contributed by atoms with E-state index in [9.17, 15) is 0 Å². The van der Waals surface area contributed by atoms with Crippen molar-refractivity contribution in [3.8, 4) is 6.07 Å². The van der Waals surface area contributed by atoms with E-state index in [0.717, 1.165) is 12.5 Å². The van der Waals surface area contributed by atoms with Gasteiger partial charge in [-0.15, -0.1) is 0 Å². The van der Waals surface area contributed by atoms with Crippen molar-refractivity contribution in [3.63, 3.8) is 0 Å². The second-order valence-corrected chi connectivity index (χ2v) is 4.04. The average Bonchev–Trinajstić information content (AvgIpc) is 2.44. The van der Waals surface area contributed by atoms with Crippen LogP contribution in [0.1, 0.15) is 5.56 Å². The Labute approximate surface area is 75.4 Å². The molecular weight excluding hydrogens is 170 g/mol. The highest BCUT2D eigenvalue weighted by Crippen LogP contribution is 2.25. The summed E-state index contributed by atoms with van der Waals surface area (Å²) in [4.78, 5) is 0. The average molecular weight is 179 g/mol. The van der Waals surface area contributed by atoms with Crippen molar-refractivity contribution in [1.82, 2.24) is 9.78 Å². The van der Waals surface area contributed by atoms with Crippen LogP contribution in [0.15, 0.2) is 12.4 Å². The van der Waals surface area contributed by atoms with E-state index >= 15 is 0 Å². The Bertz CT molecular complexity index is 308. The molecule has 0 unspecified atom stereocenters. The fraction of sp³-hybridized carbons (Fsp3) is 0.500. The Kier molecular flexibility index (Phi) is 2.05. The van der Waals surface area contributed by atoms with Gasteiger partial charge >= 0.3 is 0 Å². The normalized spacial score (nSPS) is 16.9. The monoisotopic (exact) mass is 179 g/mol. The van der Waals surface area contributed by atoms with Gasteiger partial charge < -0.3 is 0 Å². The summed E-state index contributed by atoms with van der Waals surface area (Å²) >= 11 is 1.97. The lowest BCUT2D eigenvalue weighted by molar-refractivity contribution is 0.479. The molecule has 0 radical (unpaired) electrons. The number of rotatable bonds is 2. The van der Waals surface area contributed by atoms with Gasteiger partial charge in [0.25, 0.3) is 0 Å². The lowest BCUT2D eigenvalue weighted by Crippen LogP contribution is -2.23. The van der Waals surface area contributed by atoms with E-state index < -0.39 is 0 Å². The molecule has 0 N–H and O–H groups in total. The lowest BCUT2D eigenvalue weighted by atomic mass is 10.2. The quantitative estimate of drug-likeness (QED) is 0.683. The maximum absolute atomic E-state index is 8.55. The lowest BCUT2D eigenvalue weighted by Gasteiger charge is -2.24. The van der Waals surface area contributed by atoms with Crippen LogP contribution in [0, 0.1) is 17.2 Å². The second-order valence-electron chi connectivity index (χ2n) is 2.97.